The van der Waals surface area contributed by atoms with E-state index in [9.17, 15) is 9.59 Å². The van der Waals surface area contributed by atoms with Gasteiger partial charge < -0.3 is 10.1 Å². The predicted octanol–water partition coefficient (Wildman–Crippen LogP) is 4.45. The highest BCUT2D eigenvalue weighted by molar-refractivity contribution is 7.17. The minimum absolute atomic E-state index is 0.220. The predicted molar refractivity (Wildman–Crippen MR) is 114 cm³/mol. The largest absolute Gasteiger partial charge is 0.497 e. The van der Waals surface area contributed by atoms with Crippen LogP contribution in [0.25, 0.3) is 0 Å². The summed E-state index contributed by atoms with van der Waals surface area (Å²) in [5.74, 6) is 0.173. The van der Waals surface area contributed by atoms with Crippen LogP contribution in [0.2, 0.25) is 0 Å². The van der Waals surface area contributed by atoms with E-state index >= 15 is 0 Å². The average molecular weight is 407 g/mol. The molecule has 0 atom stereocenters. The third-order valence-electron chi connectivity index (χ3n) is 4.93. The molecule has 4 rings (SSSR count). The molecule has 1 heterocycles. The number of anilines is 2. The van der Waals surface area contributed by atoms with E-state index in [0.29, 0.717) is 27.0 Å². The summed E-state index contributed by atoms with van der Waals surface area (Å²) in [4.78, 5) is 29.9. The highest BCUT2D eigenvalue weighted by atomic mass is 32.1. The fourth-order valence-corrected chi connectivity index (χ4v) is 4.27. The summed E-state index contributed by atoms with van der Waals surface area (Å²) >= 11 is 1.16. The molecule has 3 aromatic rings. The molecule has 0 radical (unpaired) electrons. The van der Waals surface area contributed by atoms with Crippen LogP contribution in [-0.2, 0) is 12.8 Å². The number of amides is 2. The quantitative estimate of drug-likeness (QED) is 0.655. The van der Waals surface area contributed by atoms with Crippen molar-refractivity contribution in [2.75, 3.05) is 17.7 Å². The zero-order valence-electron chi connectivity index (χ0n) is 16.2. The van der Waals surface area contributed by atoms with Gasteiger partial charge in [0.25, 0.3) is 11.8 Å². The summed E-state index contributed by atoms with van der Waals surface area (Å²) in [6.45, 7) is 1.76. The van der Waals surface area contributed by atoms with E-state index in [4.69, 9.17) is 4.74 Å². The van der Waals surface area contributed by atoms with Gasteiger partial charge in [0.2, 0.25) is 0 Å². The van der Waals surface area contributed by atoms with E-state index < -0.39 is 0 Å². The zero-order chi connectivity index (χ0) is 20.4. The second-order valence-corrected chi connectivity index (χ2v) is 7.91. The van der Waals surface area contributed by atoms with Crippen molar-refractivity contribution in [1.82, 2.24) is 4.98 Å². The number of rotatable bonds is 5. The lowest BCUT2D eigenvalue weighted by atomic mass is 10.1. The number of nitrogens with one attached hydrogen (secondary N) is 2. The van der Waals surface area contributed by atoms with Crippen LogP contribution >= 0.6 is 11.3 Å². The highest BCUT2D eigenvalue weighted by Gasteiger charge is 2.18. The standard InChI is InChI=1S/C22H21N3O3S/c1-13-19(21(27)24-17-9-6-14-4-3-5-16(14)12-17)29-22(23-13)25-20(26)15-7-10-18(28-2)11-8-15/h6-12H,3-5H2,1-2H3,(H,24,27)(H,23,25,26). The molecule has 6 nitrogen and oxygen atoms in total. The molecule has 148 valence electrons. The van der Waals surface area contributed by atoms with Gasteiger partial charge in [0, 0.05) is 11.3 Å². The maximum Gasteiger partial charge on any atom is 0.267 e. The minimum Gasteiger partial charge on any atom is -0.497 e. The number of thiazole rings is 1. The second kappa shape index (κ2) is 8.05. The maximum absolute atomic E-state index is 12.7. The summed E-state index contributed by atoms with van der Waals surface area (Å²) < 4.78 is 5.10. The fourth-order valence-electron chi connectivity index (χ4n) is 3.41. The van der Waals surface area contributed by atoms with Crippen LogP contribution in [-0.4, -0.2) is 23.9 Å². The van der Waals surface area contributed by atoms with Crippen molar-refractivity contribution < 1.29 is 14.3 Å². The van der Waals surface area contributed by atoms with Gasteiger partial charge in [0.15, 0.2) is 5.13 Å². The lowest BCUT2D eigenvalue weighted by molar-refractivity contribution is 0.102. The summed E-state index contributed by atoms with van der Waals surface area (Å²) in [7, 11) is 1.57. The van der Waals surface area contributed by atoms with Crippen LogP contribution in [0.3, 0.4) is 0 Å². The Labute approximate surface area is 172 Å². The van der Waals surface area contributed by atoms with Gasteiger partial charge in [-0.25, -0.2) is 4.98 Å². The van der Waals surface area contributed by atoms with Crippen molar-refractivity contribution in [1.29, 1.82) is 0 Å². The topological polar surface area (TPSA) is 80.3 Å². The van der Waals surface area contributed by atoms with E-state index in [1.54, 1.807) is 38.3 Å². The Kier molecular flexibility index (Phi) is 5.31. The van der Waals surface area contributed by atoms with E-state index in [0.717, 1.165) is 36.3 Å². The van der Waals surface area contributed by atoms with Gasteiger partial charge in [-0.15, -0.1) is 0 Å². The van der Waals surface area contributed by atoms with Crippen molar-refractivity contribution in [3.63, 3.8) is 0 Å². The van der Waals surface area contributed by atoms with Crippen LogP contribution in [0, 0.1) is 6.92 Å². The van der Waals surface area contributed by atoms with Gasteiger partial charge in [-0.2, -0.15) is 0 Å². The maximum atomic E-state index is 12.7. The molecule has 0 spiro atoms. The first kappa shape index (κ1) is 19.1. The molecule has 0 saturated heterocycles. The molecule has 0 aliphatic heterocycles. The minimum atomic E-state index is -0.285. The van der Waals surface area contributed by atoms with E-state index in [1.165, 1.54) is 11.1 Å². The lowest BCUT2D eigenvalue weighted by Gasteiger charge is -2.06. The number of fused-ring (bicyclic) bond motifs is 1. The monoisotopic (exact) mass is 407 g/mol. The number of methoxy groups -OCH3 is 1. The number of hydrogen-bond donors (Lipinski definition) is 2. The van der Waals surface area contributed by atoms with Crippen LogP contribution in [0.5, 0.6) is 5.75 Å². The summed E-state index contributed by atoms with van der Waals surface area (Å²) in [5, 5.41) is 6.09. The molecule has 29 heavy (non-hydrogen) atoms. The molecule has 2 amide bonds. The second-order valence-electron chi connectivity index (χ2n) is 6.91. The van der Waals surface area contributed by atoms with Crippen LogP contribution in [0.15, 0.2) is 42.5 Å². The van der Waals surface area contributed by atoms with Gasteiger partial charge in [-0.05, 0) is 73.7 Å². The normalized spacial score (nSPS) is 12.3. The summed E-state index contributed by atoms with van der Waals surface area (Å²) in [5.41, 5.74) is 4.52. The zero-order valence-corrected chi connectivity index (χ0v) is 17.1. The third-order valence-corrected chi connectivity index (χ3v) is 6.00. The number of benzene rings is 2. The Hall–Kier alpha value is -3.19. The number of aryl methyl sites for hydroxylation is 3. The first-order chi connectivity index (χ1) is 14.0. The molecule has 0 unspecified atom stereocenters. The molecule has 1 aliphatic rings. The summed E-state index contributed by atoms with van der Waals surface area (Å²) in [6.07, 6.45) is 3.33. The number of ether oxygens (including phenoxy) is 1. The van der Waals surface area contributed by atoms with E-state index in [1.807, 2.05) is 12.1 Å². The third kappa shape index (κ3) is 4.14. The van der Waals surface area contributed by atoms with Crippen molar-refractivity contribution in [3.05, 3.63) is 69.7 Å². The Morgan fingerprint density at radius 2 is 1.76 bits per heavy atom. The van der Waals surface area contributed by atoms with Crippen LogP contribution in [0.1, 0.15) is 43.3 Å². The van der Waals surface area contributed by atoms with Crippen molar-refractivity contribution in [3.8, 4) is 5.75 Å². The van der Waals surface area contributed by atoms with Gasteiger partial charge in [0.05, 0.1) is 12.8 Å². The Morgan fingerprint density at radius 1 is 1.00 bits per heavy atom. The Morgan fingerprint density at radius 3 is 2.52 bits per heavy atom. The molecule has 2 aromatic carbocycles. The number of nitrogens with zero attached hydrogens (tertiary/aromatic N) is 1. The molecule has 0 fully saturated rings. The molecule has 7 heteroatoms. The highest BCUT2D eigenvalue weighted by Crippen LogP contribution is 2.27. The van der Waals surface area contributed by atoms with Gasteiger partial charge in [-0.3, -0.25) is 14.9 Å². The Bertz CT molecular complexity index is 1070. The molecular formula is C22H21N3O3S. The van der Waals surface area contributed by atoms with Gasteiger partial charge in [-0.1, -0.05) is 17.4 Å². The first-order valence-electron chi connectivity index (χ1n) is 9.39. The van der Waals surface area contributed by atoms with Gasteiger partial charge >= 0.3 is 0 Å². The first-order valence-corrected chi connectivity index (χ1v) is 10.2. The smallest absolute Gasteiger partial charge is 0.267 e. The molecule has 0 bridgehead atoms. The number of carbonyl (C=O) groups is 2. The summed E-state index contributed by atoms with van der Waals surface area (Å²) in [6, 6.07) is 12.9. The van der Waals surface area contributed by atoms with E-state index in [2.05, 4.69) is 21.7 Å². The van der Waals surface area contributed by atoms with Crippen molar-refractivity contribution >= 4 is 34.0 Å². The van der Waals surface area contributed by atoms with E-state index in [-0.39, 0.29) is 11.8 Å². The van der Waals surface area contributed by atoms with Crippen LogP contribution in [0.4, 0.5) is 10.8 Å². The number of aromatic nitrogens is 1. The average Bonchev–Trinajstić information content (AvgIpc) is 3.33. The fraction of sp³-hybridized carbons (Fsp3) is 0.227. The lowest BCUT2D eigenvalue weighted by Crippen LogP contribution is -2.11. The van der Waals surface area contributed by atoms with Crippen molar-refractivity contribution in [2.45, 2.75) is 26.2 Å². The molecule has 1 aromatic heterocycles. The number of hydrogen-bond acceptors (Lipinski definition) is 5. The SMILES string of the molecule is COc1ccc(C(=O)Nc2nc(C)c(C(=O)Nc3ccc4c(c3)CCC4)s2)cc1. The number of carbonyl (C=O) groups excluding carboxylic acids is 2. The van der Waals surface area contributed by atoms with Crippen molar-refractivity contribution in [2.24, 2.45) is 0 Å². The van der Waals surface area contributed by atoms with Gasteiger partial charge in [0.1, 0.15) is 10.6 Å². The van der Waals surface area contributed by atoms with Crippen LogP contribution < -0.4 is 15.4 Å². The molecular weight excluding hydrogens is 386 g/mol. The Balaban J connectivity index is 1.45. The molecule has 1 aliphatic carbocycles. The molecule has 0 saturated carbocycles. The molecule has 2 N–H and O–H groups in total.